The van der Waals surface area contributed by atoms with Crippen LogP contribution in [0.2, 0.25) is 36.3 Å². The molecule has 0 spiro atoms. The van der Waals surface area contributed by atoms with Crippen molar-refractivity contribution in [3.05, 3.63) is 96.1 Å². The van der Waals surface area contributed by atoms with Crippen molar-refractivity contribution in [3.8, 4) is 22.9 Å². The fraction of sp³-hybridized carbons (Fsp3) is 0.444. The van der Waals surface area contributed by atoms with Crippen molar-refractivity contribution in [2.75, 3.05) is 0 Å². The SMILES string of the molecule is CC(C)C[Si](C#Cc1c2cc3ccccc3cc2c(C#C[Si](CC(C)C)(CC(C)C)CC(C)C)c2cc3cc4ccccc4cc3cc12)(CC(C)C)CC(C)C. The van der Waals surface area contributed by atoms with Crippen molar-refractivity contribution in [1.82, 2.24) is 0 Å². The maximum Gasteiger partial charge on any atom is 0.139 e. The van der Waals surface area contributed by atoms with E-state index in [2.05, 4.69) is 191 Å². The van der Waals surface area contributed by atoms with Crippen LogP contribution in [-0.4, -0.2) is 16.1 Å². The van der Waals surface area contributed by atoms with Crippen molar-refractivity contribution in [3.63, 3.8) is 0 Å². The molecular formula is C54H68Si2. The van der Waals surface area contributed by atoms with Crippen LogP contribution < -0.4 is 0 Å². The van der Waals surface area contributed by atoms with Gasteiger partial charge in [-0.1, -0.05) is 143 Å². The largest absolute Gasteiger partial charge is 0.139 e. The first-order chi connectivity index (χ1) is 26.6. The minimum Gasteiger partial charge on any atom is -0.126 e. The molecule has 0 saturated carbocycles. The average molecular weight is 773 g/mol. The molecule has 6 aromatic carbocycles. The number of benzene rings is 6. The van der Waals surface area contributed by atoms with Crippen molar-refractivity contribution >= 4 is 70.0 Å². The van der Waals surface area contributed by atoms with Crippen LogP contribution >= 0.6 is 0 Å². The molecule has 0 aliphatic heterocycles. The molecule has 6 rings (SSSR count). The van der Waals surface area contributed by atoms with Gasteiger partial charge in [0.1, 0.15) is 16.1 Å². The quantitative estimate of drug-likeness (QED) is 0.0660. The highest BCUT2D eigenvalue weighted by molar-refractivity contribution is 6.88. The highest BCUT2D eigenvalue weighted by atomic mass is 28.3. The van der Waals surface area contributed by atoms with Crippen molar-refractivity contribution in [2.24, 2.45) is 35.5 Å². The summed E-state index contributed by atoms with van der Waals surface area (Å²) in [7, 11) is -3.94. The first-order valence-electron chi connectivity index (χ1n) is 21.9. The predicted octanol–water partition coefficient (Wildman–Crippen LogP) is 16.1. The Bertz CT molecular complexity index is 2240. The van der Waals surface area contributed by atoms with E-state index < -0.39 is 16.1 Å². The fourth-order valence-corrected chi connectivity index (χ4v) is 22.3. The molecule has 292 valence electrons. The third-order valence-electron chi connectivity index (χ3n) is 11.5. The van der Waals surface area contributed by atoms with Gasteiger partial charge in [-0.05, 0) is 162 Å². The van der Waals surface area contributed by atoms with E-state index in [4.69, 9.17) is 0 Å². The van der Waals surface area contributed by atoms with Crippen LogP contribution in [0.4, 0.5) is 0 Å². The van der Waals surface area contributed by atoms with E-state index in [1.54, 1.807) is 0 Å². The van der Waals surface area contributed by atoms with E-state index in [0.29, 0.717) is 35.5 Å². The van der Waals surface area contributed by atoms with E-state index in [9.17, 15) is 0 Å². The minimum absolute atomic E-state index is 0.632. The van der Waals surface area contributed by atoms with Gasteiger partial charge in [-0.2, -0.15) is 0 Å². The third kappa shape index (κ3) is 9.64. The van der Waals surface area contributed by atoms with Gasteiger partial charge in [-0.3, -0.25) is 0 Å². The molecule has 0 nitrogen and oxygen atoms in total. The molecule has 0 heterocycles. The minimum atomic E-state index is -1.97. The Hall–Kier alpha value is -3.83. The fourth-order valence-electron chi connectivity index (χ4n) is 10.5. The molecule has 0 aromatic heterocycles. The lowest BCUT2D eigenvalue weighted by molar-refractivity contribution is 0.650. The van der Waals surface area contributed by atoms with Crippen LogP contribution in [0.15, 0.2) is 84.9 Å². The summed E-state index contributed by atoms with van der Waals surface area (Å²) < 4.78 is 0. The highest BCUT2D eigenvalue weighted by Gasteiger charge is 2.35. The Balaban J connectivity index is 1.80. The van der Waals surface area contributed by atoms with E-state index in [-0.39, 0.29) is 0 Å². The second-order valence-corrected chi connectivity index (χ2v) is 28.2. The summed E-state index contributed by atoms with van der Waals surface area (Å²) in [5.41, 5.74) is 10.9. The van der Waals surface area contributed by atoms with Gasteiger partial charge in [0.15, 0.2) is 0 Å². The standard InChI is InChI=1S/C54H68Si2/c1-37(2)31-55(32-38(3)4,33-39(5)6)23-21-49-51-27-45-19-15-16-20-46(45)28-52(51)50(22-24-56(34-40(7)8,35-41(9)10)36-42(11)12)54-30-48-26-44-18-14-13-17-43(44)25-47(48)29-53(49)54/h13-20,25-30,37-42H,31-36H2,1-12H3. The molecule has 0 radical (unpaired) electrons. The van der Waals surface area contributed by atoms with Gasteiger partial charge in [0.2, 0.25) is 0 Å². The van der Waals surface area contributed by atoms with Gasteiger partial charge in [-0.15, -0.1) is 11.1 Å². The van der Waals surface area contributed by atoms with Gasteiger partial charge in [0.25, 0.3) is 0 Å². The van der Waals surface area contributed by atoms with E-state index >= 15 is 0 Å². The Morgan fingerprint density at radius 3 is 0.821 bits per heavy atom. The van der Waals surface area contributed by atoms with Crippen molar-refractivity contribution in [2.45, 2.75) is 119 Å². The lowest BCUT2D eigenvalue weighted by Gasteiger charge is -2.31. The summed E-state index contributed by atoms with van der Waals surface area (Å²) in [4.78, 5) is 0. The number of hydrogen-bond acceptors (Lipinski definition) is 0. The average Bonchev–Trinajstić information content (AvgIpc) is 3.08. The molecular weight excluding hydrogens is 705 g/mol. The molecule has 6 aromatic rings. The topological polar surface area (TPSA) is 0 Å². The van der Waals surface area contributed by atoms with Crippen molar-refractivity contribution in [1.29, 1.82) is 0 Å². The maximum absolute atomic E-state index is 4.25. The molecule has 0 amide bonds. The summed E-state index contributed by atoms with van der Waals surface area (Å²) in [6.07, 6.45) is 0. The van der Waals surface area contributed by atoms with Crippen LogP contribution in [0.25, 0.3) is 53.9 Å². The van der Waals surface area contributed by atoms with Gasteiger partial charge >= 0.3 is 0 Å². The lowest BCUT2D eigenvalue weighted by Crippen LogP contribution is -2.37. The molecule has 0 saturated heterocycles. The number of rotatable bonds is 12. The molecule has 0 unspecified atom stereocenters. The van der Waals surface area contributed by atoms with Gasteiger partial charge in [-0.25, -0.2) is 0 Å². The second-order valence-electron chi connectivity index (χ2n) is 20.1. The second kappa shape index (κ2) is 17.3. The Morgan fingerprint density at radius 2 is 0.571 bits per heavy atom. The smallest absolute Gasteiger partial charge is 0.126 e. The van der Waals surface area contributed by atoms with Gasteiger partial charge in [0, 0.05) is 11.1 Å². The van der Waals surface area contributed by atoms with Crippen molar-refractivity contribution < 1.29 is 0 Å². The van der Waals surface area contributed by atoms with Crippen LogP contribution in [0.3, 0.4) is 0 Å². The molecule has 2 heteroatoms. The molecule has 0 atom stereocenters. The predicted molar refractivity (Wildman–Crippen MR) is 257 cm³/mol. The normalized spacial score (nSPS) is 12.7. The lowest BCUT2D eigenvalue weighted by atomic mass is 9.88. The first-order valence-corrected chi connectivity index (χ1v) is 27.1. The molecule has 56 heavy (non-hydrogen) atoms. The molecule has 0 aliphatic rings. The summed E-state index contributed by atoms with van der Waals surface area (Å²) >= 11 is 0. The zero-order chi connectivity index (χ0) is 40.4. The van der Waals surface area contributed by atoms with Crippen LogP contribution in [0.1, 0.15) is 94.2 Å². The molecule has 0 bridgehead atoms. The monoisotopic (exact) mass is 772 g/mol. The highest BCUT2D eigenvalue weighted by Crippen LogP contribution is 2.40. The number of hydrogen-bond donors (Lipinski definition) is 0. The Kier molecular flexibility index (Phi) is 12.9. The van der Waals surface area contributed by atoms with Gasteiger partial charge < -0.3 is 0 Å². The number of fused-ring (bicyclic) bond motifs is 5. The molecule has 0 fully saturated rings. The first kappa shape index (κ1) is 41.8. The third-order valence-corrected chi connectivity index (χ3v) is 22.4. The van der Waals surface area contributed by atoms with Gasteiger partial charge in [0.05, 0.1) is 0 Å². The van der Waals surface area contributed by atoms with Crippen LogP contribution in [0.5, 0.6) is 0 Å². The Morgan fingerprint density at radius 1 is 0.339 bits per heavy atom. The van der Waals surface area contributed by atoms with E-state index in [1.807, 2.05) is 0 Å². The Labute approximate surface area is 342 Å². The zero-order valence-electron chi connectivity index (χ0n) is 36.8. The summed E-state index contributed by atoms with van der Waals surface area (Å²) in [6.45, 7) is 28.9. The molecule has 0 aliphatic carbocycles. The molecule has 0 N–H and O–H groups in total. The zero-order valence-corrected chi connectivity index (χ0v) is 38.8. The summed E-state index contributed by atoms with van der Waals surface area (Å²) in [5.74, 6) is 12.0. The summed E-state index contributed by atoms with van der Waals surface area (Å²) in [6, 6.07) is 39.8. The van der Waals surface area contributed by atoms with E-state index in [1.165, 1.54) is 101 Å². The van der Waals surface area contributed by atoms with Crippen LogP contribution in [-0.2, 0) is 0 Å². The van der Waals surface area contributed by atoms with Crippen LogP contribution in [0, 0.1) is 58.4 Å². The maximum atomic E-state index is 4.25. The summed E-state index contributed by atoms with van der Waals surface area (Å²) in [5, 5.41) is 12.7. The van der Waals surface area contributed by atoms with E-state index in [0.717, 1.165) is 0 Å².